The first-order valence-electron chi connectivity index (χ1n) is 11.2. The Morgan fingerprint density at radius 2 is 1.81 bits per heavy atom. The molecule has 1 aliphatic heterocycles. The molecule has 0 atom stereocenters. The lowest BCUT2D eigenvalue weighted by atomic mass is 9.79. The average Bonchev–Trinajstić information content (AvgIpc) is 3.48. The molecule has 2 fully saturated rings. The van der Waals surface area contributed by atoms with Crippen molar-refractivity contribution in [1.82, 2.24) is 14.9 Å². The fourth-order valence-corrected chi connectivity index (χ4v) is 7.17. The van der Waals surface area contributed by atoms with Crippen LogP contribution in [0.15, 0.2) is 46.0 Å². The van der Waals surface area contributed by atoms with E-state index in [4.69, 9.17) is 0 Å². The molecule has 0 bridgehead atoms. The van der Waals surface area contributed by atoms with Crippen LogP contribution in [0.1, 0.15) is 44.1 Å². The fraction of sp³-hybridized carbons (Fsp3) is 0.522. The predicted octanol–water partition coefficient (Wildman–Crippen LogP) is 3.26. The number of hydrogen-bond acceptors (Lipinski definition) is 5. The first-order chi connectivity index (χ1) is 15.4. The molecule has 174 valence electrons. The van der Waals surface area contributed by atoms with Crippen molar-refractivity contribution in [2.45, 2.75) is 54.2 Å². The summed E-state index contributed by atoms with van der Waals surface area (Å²) in [7, 11) is -3.46. The molecule has 1 aliphatic carbocycles. The molecule has 2 aliphatic rings. The van der Waals surface area contributed by atoms with Gasteiger partial charge in [0.25, 0.3) is 0 Å². The van der Waals surface area contributed by atoms with Gasteiger partial charge in [-0.2, -0.15) is 0 Å². The summed E-state index contributed by atoms with van der Waals surface area (Å²) in [6.07, 6.45) is 5.57. The molecule has 2 heterocycles. The minimum atomic E-state index is -3.46. The highest BCUT2D eigenvalue weighted by atomic mass is 32.2. The van der Waals surface area contributed by atoms with E-state index in [-0.39, 0.29) is 23.2 Å². The van der Waals surface area contributed by atoms with E-state index in [9.17, 15) is 17.6 Å². The van der Waals surface area contributed by atoms with Crippen LogP contribution in [0.4, 0.5) is 4.39 Å². The Morgan fingerprint density at radius 1 is 1.12 bits per heavy atom. The zero-order valence-electron chi connectivity index (χ0n) is 18.1. The number of amides is 1. The number of sulfonamides is 1. The van der Waals surface area contributed by atoms with Crippen molar-refractivity contribution in [3.63, 3.8) is 0 Å². The molecule has 1 aromatic carbocycles. The van der Waals surface area contributed by atoms with Gasteiger partial charge in [0.15, 0.2) is 0 Å². The second kappa shape index (κ2) is 9.99. The molecule has 6 nitrogen and oxygen atoms in total. The van der Waals surface area contributed by atoms with Crippen LogP contribution in [-0.4, -0.2) is 51.4 Å². The van der Waals surface area contributed by atoms with Gasteiger partial charge in [-0.15, -0.1) is 11.3 Å². The third-order valence-electron chi connectivity index (χ3n) is 6.68. The number of carbonyl (C=O) groups excluding carboxylic acids is 1. The molecule has 4 rings (SSSR count). The second-order valence-corrected chi connectivity index (χ2v) is 11.8. The van der Waals surface area contributed by atoms with Crippen molar-refractivity contribution in [2.24, 2.45) is 0 Å². The topological polar surface area (TPSA) is 78.5 Å². The van der Waals surface area contributed by atoms with Crippen LogP contribution >= 0.6 is 11.3 Å². The Bertz CT molecular complexity index is 996. The van der Waals surface area contributed by atoms with Crippen LogP contribution in [0, 0.1) is 5.82 Å². The number of benzene rings is 1. The Hall–Kier alpha value is -1.81. The van der Waals surface area contributed by atoms with Crippen molar-refractivity contribution < 1.29 is 17.6 Å². The van der Waals surface area contributed by atoms with E-state index in [1.165, 1.54) is 23.5 Å². The lowest BCUT2D eigenvalue weighted by Crippen LogP contribution is -2.48. The second-order valence-electron chi connectivity index (χ2n) is 8.87. The molecule has 1 saturated heterocycles. The van der Waals surface area contributed by atoms with Crippen LogP contribution in [0.3, 0.4) is 0 Å². The van der Waals surface area contributed by atoms with Gasteiger partial charge in [0, 0.05) is 31.1 Å². The van der Waals surface area contributed by atoms with Gasteiger partial charge in [0.1, 0.15) is 10.0 Å². The highest BCUT2D eigenvalue weighted by Crippen LogP contribution is 2.40. The number of nitrogens with zero attached hydrogens (tertiary/aromatic N) is 1. The monoisotopic (exact) mass is 479 g/mol. The minimum Gasteiger partial charge on any atom is -0.354 e. The first kappa shape index (κ1) is 23.4. The van der Waals surface area contributed by atoms with Gasteiger partial charge in [-0.05, 0) is 54.8 Å². The predicted molar refractivity (Wildman–Crippen MR) is 124 cm³/mol. The number of rotatable bonds is 8. The lowest BCUT2D eigenvalue weighted by molar-refractivity contribution is -0.122. The van der Waals surface area contributed by atoms with E-state index in [2.05, 4.69) is 14.9 Å². The van der Waals surface area contributed by atoms with E-state index in [1.807, 2.05) is 12.1 Å². The molecule has 0 unspecified atom stereocenters. The summed E-state index contributed by atoms with van der Waals surface area (Å²) in [6.45, 7) is 2.22. The number of halogens is 1. The van der Waals surface area contributed by atoms with Crippen LogP contribution in [0.5, 0.6) is 0 Å². The summed E-state index contributed by atoms with van der Waals surface area (Å²) in [5.74, 6) is -0.261. The Morgan fingerprint density at radius 3 is 2.44 bits per heavy atom. The number of thiophene rings is 1. The smallest absolute Gasteiger partial charge is 0.250 e. The SMILES string of the molecule is O=C(CN1CCC(NS(=O)(=O)c2cccs2)CC1)NCC1(c2ccc(F)cc2)CCCC1. The minimum absolute atomic E-state index is 0.0176. The molecule has 1 saturated carbocycles. The fourth-order valence-electron chi connectivity index (χ4n) is 4.85. The third-order valence-corrected chi connectivity index (χ3v) is 9.60. The van der Waals surface area contributed by atoms with Gasteiger partial charge in [-0.3, -0.25) is 9.69 Å². The van der Waals surface area contributed by atoms with Gasteiger partial charge < -0.3 is 5.32 Å². The summed E-state index contributed by atoms with van der Waals surface area (Å²) in [5, 5.41) is 4.86. The zero-order valence-corrected chi connectivity index (χ0v) is 19.7. The van der Waals surface area contributed by atoms with Gasteiger partial charge in [0.05, 0.1) is 6.54 Å². The summed E-state index contributed by atoms with van der Waals surface area (Å²) >= 11 is 1.21. The molecule has 9 heteroatoms. The maximum absolute atomic E-state index is 13.4. The highest BCUT2D eigenvalue weighted by Gasteiger charge is 2.36. The third kappa shape index (κ3) is 5.57. The Balaban J connectivity index is 1.25. The zero-order chi connectivity index (χ0) is 22.6. The van der Waals surface area contributed by atoms with Gasteiger partial charge >= 0.3 is 0 Å². The summed E-state index contributed by atoms with van der Waals surface area (Å²) in [6, 6.07) is 9.90. The molecular weight excluding hydrogens is 449 g/mol. The van der Waals surface area contributed by atoms with Crippen molar-refractivity contribution in [2.75, 3.05) is 26.2 Å². The number of nitrogens with one attached hydrogen (secondary N) is 2. The number of hydrogen-bond donors (Lipinski definition) is 2. The summed E-state index contributed by atoms with van der Waals surface area (Å²) in [4.78, 5) is 14.7. The van der Waals surface area contributed by atoms with Crippen molar-refractivity contribution in [3.05, 3.63) is 53.2 Å². The lowest BCUT2D eigenvalue weighted by Gasteiger charge is -2.33. The van der Waals surface area contributed by atoms with E-state index >= 15 is 0 Å². The van der Waals surface area contributed by atoms with E-state index in [1.54, 1.807) is 17.5 Å². The van der Waals surface area contributed by atoms with Gasteiger partial charge in [-0.1, -0.05) is 31.0 Å². The van der Waals surface area contributed by atoms with Crippen LogP contribution in [0.25, 0.3) is 0 Å². The molecule has 0 spiro atoms. The maximum Gasteiger partial charge on any atom is 0.250 e. The number of piperidine rings is 1. The number of carbonyl (C=O) groups is 1. The largest absolute Gasteiger partial charge is 0.354 e. The van der Waals surface area contributed by atoms with Gasteiger partial charge in [-0.25, -0.2) is 17.5 Å². The maximum atomic E-state index is 13.4. The van der Waals surface area contributed by atoms with Crippen LogP contribution < -0.4 is 10.0 Å². The number of likely N-dealkylation sites (tertiary alicyclic amines) is 1. The Kier molecular flexibility index (Phi) is 7.29. The van der Waals surface area contributed by atoms with E-state index in [0.717, 1.165) is 31.2 Å². The molecule has 1 aromatic heterocycles. The van der Waals surface area contributed by atoms with E-state index in [0.29, 0.717) is 43.2 Å². The van der Waals surface area contributed by atoms with Gasteiger partial charge in [0.2, 0.25) is 15.9 Å². The van der Waals surface area contributed by atoms with Crippen LogP contribution in [0.2, 0.25) is 0 Å². The van der Waals surface area contributed by atoms with E-state index < -0.39 is 10.0 Å². The quantitative estimate of drug-likeness (QED) is 0.609. The average molecular weight is 480 g/mol. The normalized spacial score (nSPS) is 19.8. The molecule has 32 heavy (non-hydrogen) atoms. The van der Waals surface area contributed by atoms with Crippen molar-refractivity contribution in [1.29, 1.82) is 0 Å². The molecule has 0 radical (unpaired) electrons. The van der Waals surface area contributed by atoms with Crippen molar-refractivity contribution >= 4 is 27.3 Å². The van der Waals surface area contributed by atoms with Crippen molar-refractivity contribution in [3.8, 4) is 0 Å². The first-order valence-corrected chi connectivity index (χ1v) is 13.5. The van der Waals surface area contributed by atoms with Crippen LogP contribution in [-0.2, 0) is 20.2 Å². The molecule has 2 N–H and O–H groups in total. The summed E-state index contributed by atoms with van der Waals surface area (Å²) < 4.78 is 41.3. The summed E-state index contributed by atoms with van der Waals surface area (Å²) in [5.41, 5.74) is 0.978. The standard InChI is InChI=1S/C23H30FN3O3S2/c24-19-7-5-18(6-8-19)23(11-1-2-12-23)17-25-21(28)16-27-13-9-20(10-14-27)26-32(29,30)22-4-3-15-31-22/h3-8,15,20,26H,1-2,9-14,16-17H2,(H,25,28). The molecule has 2 aromatic rings. The molecule has 1 amide bonds. The Labute approximate surface area is 193 Å². The highest BCUT2D eigenvalue weighted by molar-refractivity contribution is 7.91. The molecular formula is C23H30FN3O3S2.